The Hall–Kier alpha value is -1.16. The van der Waals surface area contributed by atoms with Crippen molar-refractivity contribution in [2.75, 3.05) is 6.61 Å². The number of imidazole rings is 1. The van der Waals surface area contributed by atoms with Gasteiger partial charge >= 0.3 is 0 Å². The first-order chi connectivity index (χ1) is 6.97. The number of hydrogen-bond donors (Lipinski definition) is 0. The molecule has 0 aromatic carbocycles. The zero-order valence-corrected chi connectivity index (χ0v) is 9.78. The van der Waals surface area contributed by atoms with Gasteiger partial charge in [0.15, 0.2) is 5.78 Å². The molecule has 1 heterocycles. The molecule has 0 fully saturated rings. The third-order valence-corrected chi connectivity index (χ3v) is 2.42. The highest BCUT2D eigenvalue weighted by molar-refractivity contribution is 5.87. The molecule has 4 nitrogen and oxygen atoms in total. The van der Waals surface area contributed by atoms with E-state index < -0.39 is 5.60 Å². The minimum atomic E-state index is -0.722. The molecule has 0 aliphatic carbocycles. The minimum absolute atomic E-state index is 0.0543. The quantitative estimate of drug-likeness (QED) is 0.736. The first kappa shape index (κ1) is 11.9. The van der Waals surface area contributed by atoms with Gasteiger partial charge in [-0.25, -0.2) is 4.98 Å². The molecule has 0 bridgehead atoms. The molecule has 1 rings (SSSR count). The summed E-state index contributed by atoms with van der Waals surface area (Å²) in [7, 11) is 1.88. The van der Waals surface area contributed by atoms with Crippen molar-refractivity contribution in [1.29, 1.82) is 0 Å². The van der Waals surface area contributed by atoms with Gasteiger partial charge < -0.3 is 9.30 Å². The van der Waals surface area contributed by atoms with Crippen LogP contribution in [0.2, 0.25) is 0 Å². The van der Waals surface area contributed by atoms with Gasteiger partial charge in [0, 0.05) is 26.0 Å². The van der Waals surface area contributed by atoms with Gasteiger partial charge in [-0.3, -0.25) is 4.79 Å². The Morgan fingerprint density at radius 3 is 2.73 bits per heavy atom. The van der Waals surface area contributed by atoms with E-state index in [1.54, 1.807) is 20.0 Å². The van der Waals surface area contributed by atoms with Crippen molar-refractivity contribution >= 4 is 5.78 Å². The molecule has 84 valence electrons. The van der Waals surface area contributed by atoms with Gasteiger partial charge in [-0.05, 0) is 20.8 Å². The zero-order valence-electron chi connectivity index (χ0n) is 9.78. The Balaban J connectivity index is 2.67. The molecule has 0 aliphatic heterocycles. The second kappa shape index (κ2) is 4.57. The molecular weight excluding hydrogens is 192 g/mol. The number of aromatic nitrogens is 2. The van der Waals surface area contributed by atoms with Crippen LogP contribution in [0.1, 0.15) is 26.6 Å². The molecule has 0 unspecified atom stereocenters. The summed E-state index contributed by atoms with van der Waals surface area (Å²) < 4.78 is 7.24. The molecule has 0 saturated heterocycles. The molecule has 0 N–H and O–H groups in total. The molecule has 15 heavy (non-hydrogen) atoms. The topological polar surface area (TPSA) is 44.1 Å². The van der Waals surface area contributed by atoms with E-state index in [-0.39, 0.29) is 5.78 Å². The first-order valence-electron chi connectivity index (χ1n) is 5.11. The van der Waals surface area contributed by atoms with Crippen molar-refractivity contribution in [3.8, 4) is 0 Å². The van der Waals surface area contributed by atoms with Crippen molar-refractivity contribution in [3.63, 3.8) is 0 Å². The van der Waals surface area contributed by atoms with E-state index >= 15 is 0 Å². The number of nitrogens with zero attached hydrogens (tertiary/aromatic N) is 2. The number of hydrogen-bond acceptors (Lipinski definition) is 3. The summed E-state index contributed by atoms with van der Waals surface area (Å²) in [5.41, 5.74) is -0.722. The lowest BCUT2D eigenvalue weighted by Crippen LogP contribution is -2.36. The standard InChI is InChI=1S/C11H18N2O2/c1-5-15-11(2,3)9(14)8-10-12-6-7-13(10)4/h6-7H,5,8H2,1-4H3. The fourth-order valence-electron chi connectivity index (χ4n) is 1.36. The Bertz CT molecular complexity index is 342. The summed E-state index contributed by atoms with van der Waals surface area (Å²) in [6, 6.07) is 0. The summed E-state index contributed by atoms with van der Waals surface area (Å²) in [6.07, 6.45) is 3.84. The molecule has 1 aromatic rings. The molecule has 0 amide bonds. The smallest absolute Gasteiger partial charge is 0.171 e. The maximum Gasteiger partial charge on any atom is 0.171 e. The van der Waals surface area contributed by atoms with Crippen LogP contribution in [-0.2, 0) is 23.0 Å². The van der Waals surface area contributed by atoms with Crippen LogP contribution in [0.4, 0.5) is 0 Å². The van der Waals surface area contributed by atoms with Gasteiger partial charge in [0.2, 0.25) is 0 Å². The molecule has 0 aliphatic rings. The third-order valence-electron chi connectivity index (χ3n) is 2.42. The fraction of sp³-hybridized carbons (Fsp3) is 0.636. The van der Waals surface area contributed by atoms with Crippen LogP contribution < -0.4 is 0 Å². The fourth-order valence-corrected chi connectivity index (χ4v) is 1.36. The van der Waals surface area contributed by atoms with Crippen LogP contribution in [-0.4, -0.2) is 27.5 Å². The first-order valence-corrected chi connectivity index (χ1v) is 5.11. The van der Waals surface area contributed by atoms with E-state index in [2.05, 4.69) is 4.98 Å². The van der Waals surface area contributed by atoms with E-state index in [4.69, 9.17) is 4.74 Å². The van der Waals surface area contributed by atoms with Crippen LogP contribution in [0.15, 0.2) is 12.4 Å². The Kier molecular flexibility index (Phi) is 3.63. The average Bonchev–Trinajstić information content (AvgIpc) is 2.52. The van der Waals surface area contributed by atoms with E-state index in [0.29, 0.717) is 13.0 Å². The molecule has 0 radical (unpaired) electrons. The number of rotatable bonds is 5. The summed E-state index contributed by atoms with van der Waals surface area (Å²) in [4.78, 5) is 16.0. The summed E-state index contributed by atoms with van der Waals surface area (Å²) in [5.74, 6) is 0.825. The Morgan fingerprint density at radius 2 is 2.27 bits per heavy atom. The van der Waals surface area contributed by atoms with Gasteiger partial charge in [0.25, 0.3) is 0 Å². The molecule has 0 spiro atoms. The van der Waals surface area contributed by atoms with E-state index in [9.17, 15) is 4.79 Å². The third kappa shape index (κ3) is 2.89. The van der Waals surface area contributed by atoms with E-state index in [0.717, 1.165) is 5.82 Å². The normalized spacial score (nSPS) is 11.7. The highest BCUT2D eigenvalue weighted by Crippen LogP contribution is 2.13. The number of ketones is 1. The number of aryl methyl sites for hydroxylation is 1. The van der Waals surface area contributed by atoms with Crippen molar-refractivity contribution < 1.29 is 9.53 Å². The highest BCUT2D eigenvalue weighted by Gasteiger charge is 2.28. The second-order valence-corrected chi connectivity index (χ2v) is 4.00. The Labute approximate surface area is 90.3 Å². The van der Waals surface area contributed by atoms with Crippen molar-refractivity contribution in [2.45, 2.75) is 32.8 Å². The molecule has 4 heteroatoms. The van der Waals surface area contributed by atoms with Gasteiger partial charge in [0.05, 0.1) is 6.42 Å². The lowest BCUT2D eigenvalue weighted by Gasteiger charge is -2.22. The van der Waals surface area contributed by atoms with E-state index in [1.807, 2.05) is 24.7 Å². The lowest BCUT2D eigenvalue weighted by molar-refractivity contribution is -0.139. The SMILES string of the molecule is CCOC(C)(C)C(=O)Cc1nccn1C. The monoisotopic (exact) mass is 210 g/mol. The molecular formula is C11H18N2O2. The maximum atomic E-state index is 11.9. The highest BCUT2D eigenvalue weighted by atomic mass is 16.5. The van der Waals surface area contributed by atoms with E-state index in [1.165, 1.54) is 0 Å². The van der Waals surface area contributed by atoms with Gasteiger partial charge in [-0.1, -0.05) is 0 Å². The maximum absolute atomic E-state index is 11.9. The minimum Gasteiger partial charge on any atom is -0.368 e. The van der Waals surface area contributed by atoms with Crippen molar-refractivity contribution in [3.05, 3.63) is 18.2 Å². The van der Waals surface area contributed by atoms with Gasteiger partial charge in [-0.15, -0.1) is 0 Å². The number of ether oxygens (including phenoxy) is 1. The lowest BCUT2D eigenvalue weighted by atomic mass is 10.0. The van der Waals surface area contributed by atoms with Crippen molar-refractivity contribution in [1.82, 2.24) is 9.55 Å². The molecule has 1 aromatic heterocycles. The number of carbonyl (C=O) groups excluding carboxylic acids is 1. The number of carbonyl (C=O) groups is 1. The predicted molar refractivity (Wildman–Crippen MR) is 57.6 cm³/mol. The van der Waals surface area contributed by atoms with Crippen LogP contribution in [0, 0.1) is 0 Å². The largest absolute Gasteiger partial charge is 0.368 e. The Morgan fingerprint density at radius 1 is 1.60 bits per heavy atom. The van der Waals surface area contributed by atoms with Gasteiger partial charge in [-0.2, -0.15) is 0 Å². The van der Waals surface area contributed by atoms with Gasteiger partial charge in [0.1, 0.15) is 11.4 Å². The van der Waals surface area contributed by atoms with Crippen molar-refractivity contribution in [2.24, 2.45) is 7.05 Å². The second-order valence-electron chi connectivity index (χ2n) is 4.00. The average molecular weight is 210 g/mol. The number of Topliss-reactive ketones (excluding diaryl/α,β-unsaturated/α-hetero) is 1. The summed E-state index contributed by atoms with van der Waals surface area (Å²) in [6.45, 7) is 6.01. The van der Waals surface area contributed by atoms with Crippen LogP contribution in [0.25, 0.3) is 0 Å². The van der Waals surface area contributed by atoms with Crippen LogP contribution >= 0.6 is 0 Å². The zero-order chi connectivity index (χ0) is 11.5. The predicted octanol–water partition coefficient (Wildman–Crippen LogP) is 1.35. The van der Waals surface area contributed by atoms with Crippen LogP contribution in [0.3, 0.4) is 0 Å². The van der Waals surface area contributed by atoms with Crippen LogP contribution in [0.5, 0.6) is 0 Å². The molecule has 0 saturated carbocycles. The summed E-state index contributed by atoms with van der Waals surface area (Å²) in [5, 5.41) is 0. The summed E-state index contributed by atoms with van der Waals surface area (Å²) >= 11 is 0. The molecule has 0 atom stereocenters.